The van der Waals surface area contributed by atoms with E-state index in [-0.39, 0.29) is 12.2 Å². The molecular formula is C19H19N3O6. The Bertz CT molecular complexity index is 1160. The van der Waals surface area contributed by atoms with Crippen LogP contribution in [0.3, 0.4) is 0 Å². The molecule has 0 saturated carbocycles. The molecule has 0 fully saturated rings. The Labute approximate surface area is 159 Å². The first-order chi connectivity index (χ1) is 13.4. The van der Waals surface area contributed by atoms with Crippen molar-refractivity contribution in [2.45, 2.75) is 5.92 Å². The fourth-order valence-electron chi connectivity index (χ4n) is 3.75. The average molecular weight is 385 g/mol. The number of benzene rings is 1. The molecule has 3 heterocycles. The average Bonchev–Trinajstić information content (AvgIpc) is 3.09. The molecule has 0 saturated heterocycles. The van der Waals surface area contributed by atoms with Crippen molar-refractivity contribution >= 4 is 11.8 Å². The molecule has 1 aromatic carbocycles. The van der Waals surface area contributed by atoms with Crippen LogP contribution >= 0.6 is 0 Å². The second kappa shape index (κ2) is 6.29. The number of anilines is 1. The van der Waals surface area contributed by atoms with Gasteiger partial charge in [-0.2, -0.15) is 0 Å². The summed E-state index contributed by atoms with van der Waals surface area (Å²) in [6.07, 6.45) is 0. The molecule has 0 amide bonds. The fraction of sp³-hybridized carbons (Fsp3) is 0.316. The third-order valence-corrected chi connectivity index (χ3v) is 5.19. The number of carbonyl (C=O) groups excluding carboxylic acids is 1. The fourth-order valence-corrected chi connectivity index (χ4v) is 3.75. The second-order valence-electron chi connectivity index (χ2n) is 6.60. The van der Waals surface area contributed by atoms with Crippen molar-refractivity contribution in [3.05, 3.63) is 61.4 Å². The number of ether oxygens (including phenoxy) is 3. The lowest BCUT2D eigenvalue weighted by molar-refractivity contribution is -0.136. The van der Waals surface area contributed by atoms with E-state index in [0.29, 0.717) is 34.2 Å². The Balaban J connectivity index is 2.08. The zero-order chi connectivity index (χ0) is 20.2. The molecule has 2 aliphatic heterocycles. The molecule has 2 aliphatic rings. The topological polar surface area (TPSA) is 101 Å². The largest absolute Gasteiger partial charge is 0.497 e. The van der Waals surface area contributed by atoms with E-state index in [0.717, 1.165) is 4.57 Å². The molecule has 2 aromatic rings. The van der Waals surface area contributed by atoms with E-state index in [1.807, 2.05) is 0 Å². The molecule has 0 aliphatic carbocycles. The predicted octanol–water partition coefficient (Wildman–Crippen LogP) is 0.469. The van der Waals surface area contributed by atoms with Crippen molar-refractivity contribution in [2.24, 2.45) is 14.1 Å². The Morgan fingerprint density at radius 2 is 1.86 bits per heavy atom. The van der Waals surface area contributed by atoms with Crippen LogP contribution in [0.2, 0.25) is 0 Å². The molecule has 4 rings (SSSR count). The minimum Gasteiger partial charge on any atom is -0.497 e. The SMILES string of the molecule is COc1ccc([C@H]2C3=C(COC3=O)Nc3c2c(=O)n(C)c(=O)n3C)c(OC)c1. The van der Waals surface area contributed by atoms with Crippen molar-refractivity contribution in [3.63, 3.8) is 0 Å². The number of nitrogens with one attached hydrogen (secondary N) is 1. The summed E-state index contributed by atoms with van der Waals surface area (Å²) in [5.41, 5.74) is 0.805. The van der Waals surface area contributed by atoms with Crippen molar-refractivity contribution < 1.29 is 19.0 Å². The van der Waals surface area contributed by atoms with Gasteiger partial charge in [-0.25, -0.2) is 9.59 Å². The second-order valence-corrected chi connectivity index (χ2v) is 6.60. The maximum absolute atomic E-state index is 13.1. The minimum atomic E-state index is -0.743. The van der Waals surface area contributed by atoms with Crippen LogP contribution in [0.4, 0.5) is 5.82 Å². The lowest BCUT2D eigenvalue weighted by Gasteiger charge is -2.29. The van der Waals surface area contributed by atoms with Crippen LogP contribution in [-0.2, 0) is 23.6 Å². The van der Waals surface area contributed by atoms with Crippen LogP contribution in [0.1, 0.15) is 17.0 Å². The van der Waals surface area contributed by atoms with Gasteiger partial charge in [0.25, 0.3) is 5.56 Å². The molecular weight excluding hydrogens is 366 g/mol. The number of carbonyl (C=O) groups is 1. The number of aromatic nitrogens is 2. The monoisotopic (exact) mass is 385 g/mol. The van der Waals surface area contributed by atoms with Crippen LogP contribution in [0.15, 0.2) is 39.1 Å². The van der Waals surface area contributed by atoms with Gasteiger partial charge in [-0.3, -0.25) is 13.9 Å². The third-order valence-electron chi connectivity index (χ3n) is 5.19. The smallest absolute Gasteiger partial charge is 0.337 e. The van der Waals surface area contributed by atoms with Gasteiger partial charge in [0.2, 0.25) is 0 Å². The number of esters is 1. The Hall–Kier alpha value is -3.49. The van der Waals surface area contributed by atoms with E-state index < -0.39 is 23.1 Å². The highest BCUT2D eigenvalue weighted by Gasteiger charge is 2.42. The molecule has 0 spiro atoms. The first-order valence-corrected chi connectivity index (χ1v) is 8.58. The number of methoxy groups -OCH3 is 2. The summed E-state index contributed by atoms with van der Waals surface area (Å²) >= 11 is 0. The molecule has 0 bridgehead atoms. The molecule has 0 radical (unpaired) electrons. The van der Waals surface area contributed by atoms with Gasteiger partial charge in [0.1, 0.15) is 23.9 Å². The normalized spacial score (nSPS) is 17.6. The predicted molar refractivity (Wildman–Crippen MR) is 99.9 cm³/mol. The first-order valence-electron chi connectivity index (χ1n) is 8.58. The minimum absolute atomic E-state index is 0.0476. The van der Waals surface area contributed by atoms with Gasteiger partial charge in [0, 0.05) is 25.7 Å². The molecule has 9 nitrogen and oxygen atoms in total. The van der Waals surface area contributed by atoms with E-state index in [1.54, 1.807) is 25.2 Å². The summed E-state index contributed by atoms with van der Waals surface area (Å²) in [7, 11) is 6.01. The van der Waals surface area contributed by atoms with Gasteiger partial charge in [0.15, 0.2) is 0 Å². The molecule has 1 N–H and O–H groups in total. The van der Waals surface area contributed by atoms with E-state index in [9.17, 15) is 14.4 Å². The zero-order valence-electron chi connectivity index (χ0n) is 15.9. The number of fused-ring (bicyclic) bond motifs is 1. The third kappa shape index (κ3) is 2.35. The first kappa shape index (κ1) is 17.9. The number of nitrogens with zero attached hydrogens (tertiary/aromatic N) is 2. The Morgan fingerprint density at radius 1 is 1.11 bits per heavy atom. The number of cyclic esters (lactones) is 1. The summed E-state index contributed by atoms with van der Waals surface area (Å²) < 4.78 is 18.3. The lowest BCUT2D eigenvalue weighted by Crippen LogP contribution is -2.43. The highest BCUT2D eigenvalue weighted by atomic mass is 16.5. The van der Waals surface area contributed by atoms with Gasteiger partial charge in [-0.15, -0.1) is 0 Å². The highest BCUT2D eigenvalue weighted by Crippen LogP contribution is 2.45. The molecule has 0 unspecified atom stereocenters. The van der Waals surface area contributed by atoms with Crippen LogP contribution in [0.5, 0.6) is 11.5 Å². The van der Waals surface area contributed by atoms with Crippen LogP contribution < -0.4 is 26.0 Å². The standard InChI is InChI=1S/C19H19N3O6/c1-21-16-15(17(23)22(2)19(21)25)13(14-11(20-16)8-28-18(14)24)10-6-5-9(26-3)7-12(10)27-4/h5-7,13,20H,8H2,1-4H3/t13-/m0/s1. The lowest BCUT2D eigenvalue weighted by atomic mass is 9.82. The van der Waals surface area contributed by atoms with Gasteiger partial charge in [-0.1, -0.05) is 6.07 Å². The Morgan fingerprint density at radius 3 is 2.54 bits per heavy atom. The van der Waals surface area contributed by atoms with Crippen molar-refractivity contribution in [1.82, 2.24) is 9.13 Å². The molecule has 1 atom stereocenters. The van der Waals surface area contributed by atoms with Crippen LogP contribution in [0.25, 0.3) is 0 Å². The maximum atomic E-state index is 13.1. The summed E-state index contributed by atoms with van der Waals surface area (Å²) in [5, 5.41) is 3.04. The van der Waals surface area contributed by atoms with Gasteiger partial charge < -0.3 is 19.5 Å². The van der Waals surface area contributed by atoms with Crippen molar-refractivity contribution in [1.29, 1.82) is 0 Å². The van der Waals surface area contributed by atoms with E-state index in [1.165, 1.54) is 25.8 Å². The van der Waals surface area contributed by atoms with Gasteiger partial charge in [-0.05, 0) is 6.07 Å². The van der Waals surface area contributed by atoms with E-state index >= 15 is 0 Å². The molecule has 146 valence electrons. The summed E-state index contributed by atoms with van der Waals surface area (Å²) in [5.74, 6) is 0.124. The van der Waals surface area contributed by atoms with Gasteiger partial charge >= 0.3 is 11.7 Å². The number of rotatable bonds is 3. The number of hydrogen-bond donors (Lipinski definition) is 1. The molecule has 1 aromatic heterocycles. The van der Waals surface area contributed by atoms with E-state index in [2.05, 4.69) is 5.32 Å². The van der Waals surface area contributed by atoms with Crippen LogP contribution in [-0.4, -0.2) is 35.9 Å². The molecule has 9 heteroatoms. The summed E-state index contributed by atoms with van der Waals surface area (Å²) in [6.45, 7) is 0.0476. The van der Waals surface area contributed by atoms with Crippen molar-refractivity contribution in [2.75, 3.05) is 26.1 Å². The molecule has 28 heavy (non-hydrogen) atoms. The van der Waals surface area contributed by atoms with Gasteiger partial charge in [0.05, 0.1) is 37.0 Å². The maximum Gasteiger partial charge on any atom is 0.337 e. The Kier molecular flexibility index (Phi) is 4.02. The summed E-state index contributed by atoms with van der Waals surface area (Å²) in [6, 6.07) is 5.16. The summed E-state index contributed by atoms with van der Waals surface area (Å²) in [4.78, 5) is 38.0. The quantitative estimate of drug-likeness (QED) is 0.767. The number of hydrogen-bond acceptors (Lipinski definition) is 7. The van der Waals surface area contributed by atoms with E-state index in [4.69, 9.17) is 14.2 Å². The van der Waals surface area contributed by atoms with Crippen LogP contribution in [0, 0.1) is 0 Å². The highest BCUT2D eigenvalue weighted by molar-refractivity contribution is 5.97. The zero-order valence-corrected chi connectivity index (χ0v) is 15.9. The van der Waals surface area contributed by atoms with Crippen molar-refractivity contribution in [3.8, 4) is 11.5 Å².